The number of aromatic nitrogens is 1. The zero-order valence-corrected chi connectivity index (χ0v) is 23.9. The summed E-state index contributed by atoms with van der Waals surface area (Å²) in [6.07, 6.45) is 4.44. The van der Waals surface area contributed by atoms with Crippen molar-refractivity contribution in [3.05, 3.63) is 137 Å². The Morgan fingerprint density at radius 3 is 2.26 bits per heavy atom. The van der Waals surface area contributed by atoms with E-state index >= 15 is 4.79 Å². The van der Waals surface area contributed by atoms with Crippen LogP contribution >= 0.6 is 0 Å². The molecular formula is C36H29FN4O2. The average molecular weight is 569 g/mol. The fourth-order valence-corrected chi connectivity index (χ4v) is 7.04. The second-order valence-corrected chi connectivity index (χ2v) is 12.1. The molecule has 1 aliphatic carbocycles. The first-order chi connectivity index (χ1) is 20.8. The van der Waals surface area contributed by atoms with E-state index in [1.807, 2.05) is 88.6 Å². The number of fused-ring (bicyclic) bond motifs is 3. The molecule has 7 rings (SSSR count). The fraction of sp³-hybridized carbons (Fsp3) is 0.194. The number of allylic oxidation sites excluding steroid dienone is 1. The number of para-hydroxylation sites is 2. The predicted octanol–water partition coefficient (Wildman–Crippen LogP) is 6.97. The van der Waals surface area contributed by atoms with Crippen LogP contribution < -0.4 is 9.80 Å². The lowest BCUT2D eigenvalue weighted by atomic mass is 9.60. The quantitative estimate of drug-likeness (QED) is 0.267. The van der Waals surface area contributed by atoms with Gasteiger partial charge in [-0.1, -0.05) is 68.4 Å². The molecule has 0 saturated heterocycles. The number of nitriles is 1. The van der Waals surface area contributed by atoms with Gasteiger partial charge in [0.1, 0.15) is 23.1 Å². The predicted molar refractivity (Wildman–Crippen MR) is 163 cm³/mol. The molecule has 0 fully saturated rings. The number of hydrogen-bond acceptors (Lipinski definition) is 4. The highest BCUT2D eigenvalue weighted by Gasteiger charge is 2.63. The lowest BCUT2D eigenvalue weighted by molar-refractivity contribution is -0.125. The Kier molecular flexibility index (Phi) is 6.00. The number of amides is 1. The molecule has 3 aliphatic rings. The van der Waals surface area contributed by atoms with Gasteiger partial charge in [0.2, 0.25) is 5.91 Å². The van der Waals surface area contributed by atoms with Crippen molar-refractivity contribution in [2.75, 3.05) is 9.80 Å². The van der Waals surface area contributed by atoms with Crippen LogP contribution in [-0.4, -0.2) is 16.3 Å². The molecule has 43 heavy (non-hydrogen) atoms. The second-order valence-electron chi connectivity index (χ2n) is 12.1. The summed E-state index contributed by atoms with van der Waals surface area (Å²) in [7, 11) is 0. The van der Waals surface area contributed by atoms with Gasteiger partial charge in [0, 0.05) is 52.6 Å². The van der Waals surface area contributed by atoms with Gasteiger partial charge in [-0.15, -0.1) is 0 Å². The lowest BCUT2D eigenvalue weighted by Gasteiger charge is -2.48. The summed E-state index contributed by atoms with van der Waals surface area (Å²) in [5.41, 5.74) is 1.38. The molecule has 212 valence electrons. The molecule has 0 saturated carbocycles. The van der Waals surface area contributed by atoms with Gasteiger partial charge in [-0.2, -0.15) is 5.26 Å². The Bertz CT molecular complexity index is 1900. The van der Waals surface area contributed by atoms with Crippen LogP contribution in [0, 0.1) is 22.6 Å². The number of rotatable bonds is 4. The van der Waals surface area contributed by atoms with Gasteiger partial charge in [0.15, 0.2) is 5.78 Å². The first-order valence-electron chi connectivity index (χ1n) is 14.3. The number of carbonyl (C=O) groups is 2. The molecule has 4 aromatic rings. The van der Waals surface area contributed by atoms with E-state index in [2.05, 4.69) is 19.9 Å². The third-order valence-corrected chi connectivity index (χ3v) is 8.73. The van der Waals surface area contributed by atoms with E-state index in [-0.39, 0.29) is 29.7 Å². The third kappa shape index (κ3) is 3.83. The summed E-state index contributed by atoms with van der Waals surface area (Å²) < 4.78 is 16.8. The van der Waals surface area contributed by atoms with Gasteiger partial charge in [-0.05, 0) is 48.2 Å². The van der Waals surface area contributed by atoms with Crippen molar-refractivity contribution in [2.45, 2.75) is 38.6 Å². The van der Waals surface area contributed by atoms with Crippen LogP contribution in [0.5, 0.6) is 0 Å². The first kappa shape index (κ1) is 26.7. The minimum absolute atomic E-state index is 0.0352. The van der Waals surface area contributed by atoms with E-state index in [0.29, 0.717) is 40.3 Å². The van der Waals surface area contributed by atoms with Gasteiger partial charge < -0.3 is 9.47 Å². The summed E-state index contributed by atoms with van der Waals surface area (Å²) in [4.78, 5) is 33.1. The smallest absolute Gasteiger partial charge is 0.248 e. The monoisotopic (exact) mass is 568 g/mol. The second kappa shape index (κ2) is 9.67. The Hall–Kier alpha value is -5.22. The Labute approximate surface area is 249 Å². The molecule has 0 bridgehead atoms. The van der Waals surface area contributed by atoms with Crippen molar-refractivity contribution >= 4 is 28.9 Å². The molecule has 1 atom stereocenters. The summed E-state index contributed by atoms with van der Waals surface area (Å²) >= 11 is 0. The van der Waals surface area contributed by atoms with E-state index in [4.69, 9.17) is 0 Å². The summed E-state index contributed by atoms with van der Waals surface area (Å²) in [6, 6.07) is 29.5. The third-order valence-electron chi connectivity index (χ3n) is 8.73. The molecule has 0 unspecified atom stereocenters. The molecule has 3 heterocycles. The van der Waals surface area contributed by atoms with Crippen molar-refractivity contribution in [3.8, 4) is 6.07 Å². The zero-order valence-electron chi connectivity index (χ0n) is 23.9. The minimum Gasteiger partial charge on any atom is -0.309 e. The Morgan fingerprint density at radius 2 is 1.53 bits per heavy atom. The van der Waals surface area contributed by atoms with Gasteiger partial charge in [-0.3, -0.25) is 14.5 Å². The molecule has 7 heteroatoms. The molecular weight excluding hydrogens is 539 g/mol. The van der Waals surface area contributed by atoms with Crippen LogP contribution in [0.25, 0.3) is 5.82 Å². The fourth-order valence-electron chi connectivity index (χ4n) is 7.04. The van der Waals surface area contributed by atoms with Crippen LogP contribution in [0.3, 0.4) is 0 Å². The molecule has 1 amide bonds. The largest absolute Gasteiger partial charge is 0.309 e. The maximum Gasteiger partial charge on any atom is 0.248 e. The molecule has 2 aliphatic heterocycles. The van der Waals surface area contributed by atoms with E-state index in [9.17, 15) is 14.4 Å². The minimum atomic E-state index is -1.69. The number of nitrogens with zero attached hydrogens (tertiary/aromatic N) is 4. The number of halogens is 1. The van der Waals surface area contributed by atoms with E-state index in [0.717, 1.165) is 5.69 Å². The molecule has 1 aromatic heterocycles. The highest BCUT2D eigenvalue weighted by molar-refractivity contribution is 6.22. The average Bonchev–Trinajstić information content (AvgIpc) is 3.61. The van der Waals surface area contributed by atoms with Gasteiger partial charge >= 0.3 is 0 Å². The highest BCUT2D eigenvalue weighted by Crippen LogP contribution is 2.59. The Morgan fingerprint density at radius 1 is 0.860 bits per heavy atom. The number of carbonyl (C=O) groups excluding carboxylic acids is 2. The number of benzene rings is 3. The summed E-state index contributed by atoms with van der Waals surface area (Å²) in [5, 5.41) is 11.1. The first-order valence-corrected chi connectivity index (χ1v) is 14.3. The van der Waals surface area contributed by atoms with Crippen LogP contribution in [-0.2, 0) is 21.5 Å². The highest BCUT2D eigenvalue weighted by atomic mass is 19.1. The topological polar surface area (TPSA) is 69.3 Å². The number of anilines is 2. The van der Waals surface area contributed by atoms with Crippen LogP contribution in [0.15, 0.2) is 120 Å². The number of ketones is 1. The zero-order chi connectivity index (χ0) is 29.9. The molecule has 1 spiro atoms. The van der Waals surface area contributed by atoms with Crippen molar-refractivity contribution in [1.29, 1.82) is 5.26 Å². The molecule has 0 N–H and O–H groups in total. The van der Waals surface area contributed by atoms with Crippen molar-refractivity contribution in [3.63, 3.8) is 0 Å². The van der Waals surface area contributed by atoms with Crippen LogP contribution in [0.4, 0.5) is 15.8 Å². The maximum absolute atomic E-state index is 15.1. The van der Waals surface area contributed by atoms with Gasteiger partial charge in [0.05, 0.1) is 12.1 Å². The van der Waals surface area contributed by atoms with Crippen LogP contribution in [0.1, 0.15) is 37.8 Å². The van der Waals surface area contributed by atoms with E-state index in [1.165, 1.54) is 11.0 Å². The van der Waals surface area contributed by atoms with Gasteiger partial charge in [-0.25, -0.2) is 4.39 Å². The molecule has 3 aromatic carbocycles. The number of hydrogen-bond donors (Lipinski definition) is 0. The van der Waals surface area contributed by atoms with Gasteiger partial charge in [0.25, 0.3) is 0 Å². The normalized spacial score (nSPS) is 20.9. The Balaban J connectivity index is 1.59. The summed E-state index contributed by atoms with van der Waals surface area (Å²) in [6.45, 7) is 4.07. The lowest BCUT2D eigenvalue weighted by Crippen LogP contribution is -2.52. The van der Waals surface area contributed by atoms with E-state index < -0.39 is 17.1 Å². The van der Waals surface area contributed by atoms with Crippen molar-refractivity contribution < 1.29 is 14.0 Å². The maximum atomic E-state index is 15.1. The SMILES string of the molecule is CC1(C)CC(=O)C2=C(C1)N(c1ccccc1)C(n1cccc1)=C(C#N)[C@@]21C(=O)N(Cc2ccccc2F)c2ccccc21. The summed E-state index contributed by atoms with van der Waals surface area (Å²) in [5.74, 6) is -0.514. The molecule has 0 radical (unpaired) electrons. The van der Waals surface area contributed by atoms with Crippen molar-refractivity contribution in [2.24, 2.45) is 5.41 Å². The van der Waals surface area contributed by atoms with Crippen LogP contribution in [0.2, 0.25) is 0 Å². The van der Waals surface area contributed by atoms with E-state index in [1.54, 1.807) is 18.2 Å². The molecule has 6 nitrogen and oxygen atoms in total. The number of Topliss-reactive ketones (excluding diaryl/α,β-unsaturated/α-hetero) is 1. The van der Waals surface area contributed by atoms with Crippen molar-refractivity contribution in [1.82, 2.24) is 4.57 Å². The standard InChI is InChI=1S/C36H29FN4O2/c1-35(2)20-30-32(31(42)21-35)36(27(22-38)33(39-18-10-11-19-39)41(30)25-13-4-3-5-14-25)26-15-7-9-17-29(26)40(34(36)43)23-24-12-6-8-16-28(24)37/h3-19H,20-21,23H2,1-2H3/t36-/m1/s1.